The third-order valence-electron chi connectivity index (χ3n) is 2.60. The zero-order valence-electron chi connectivity index (χ0n) is 10.8. The molecule has 0 fully saturated rings. The lowest BCUT2D eigenvalue weighted by atomic mass is 10.1. The van der Waals surface area contributed by atoms with Crippen molar-refractivity contribution in [2.75, 3.05) is 18.6 Å². The van der Waals surface area contributed by atoms with E-state index in [2.05, 4.69) is 48.2 Å². The van der Waals surface area contributed by atoms with Crippen molar-refractivity contribution in [3.8, 4) is 0 Å². The van der Waals surface area contributed by atoms with E-state index in [-0.39, 0.29) is 0 Å². The number of hydrogen-bond donors (Lipinski definition) is 1. The maximum atomic E-state index is 4.48. The fraction of sp³-hybridized carbons (Fsp3) is 0.750. The second-order valence-electron chi connectivity index (χ2n) is 4.01. The van der Waals surface area contributed by atoms with Crippen LogP contribution < -0.4 is 5.32 Å². The lowest BCUT2D eigenvalue weighted by Gasteiger charge is -2.17. The molecule has 0 aliphatic rings. The summed E-state index contributed by atoms with van der Waals surface area (Å²) in [5, 5.41) is 8.02. The Hall–Kier alpha value is -0.480. The third-order valence-corrected chi connectivity index (χ3v) is 3.34. The Bertz CT molecular complexity index is 303. The summed E-state index contributed by atoms with van der Waals surface area (Å²) in [6, 6.07) is 2.76. The quantitative estimate of drug-likeness (QED) is 0.793. The van der Waals surface area contributed by atoms with Gasteiger partial charge in [-0.2, -0.15) is 16.9 Å². The molecule has 1 N–H and O–H groups in total. The Morgan fingerprint density at radius 1 is 1.50 bits per heavy atom. The molecule has 4 heteroatoms. The summed E-state index contributed by atoms with van der Waals surface area (Å²) in [6.45, 7) is 8.36. The molecular weight excluding hydrogens is 218 g/mol. The van der Waals surface area contributed by atoms with Crippen molar-refractivity contribution in [2.45, 2.75) is 39.8 Å². The second-order valence-corrected chi connectivity index (χ2v) is 4.92. The lowest BCUT2D eigenvalue weighted by molar-refractivity contribution is 0.533. The zero-order chi connectivity index (χ0) is 12.0. The Morgan fingerprint density at radius 3 is 2.81 bits per heavy atom. The van der Waals surface area contributed by atoms with Crippen molar-refractivity contribution in [3.63, 3.8) is 0 Å². The van der Waals surface area contributed by atoms with Gasteiger partial charge in [0, 0.05) is 30.5 Å². The van der Waals surface area contributed by atoms with Gasteiger partial charge in [0.2, 0.25) is 0 Å². The van der Waals surface area contributed by atoms with Gasteiger partial charge in [0.15, 0.2) is 0 Å². The first-order valence-corrected chi connectivity index (χ1v) is 7.36. The molecule has 0 radical (unpaired) electrons. The van der Waals surface area contributed by atoms with Crippen molar-refractivity contribution < 1.29 is 0 Å². The van der Waals surface area contributed by atoms with E-state index in [0.717, 1.165) is 31.0 Å². The average molecular weight is 241 g/mol. The Kier molecular flexibility index (Phi) is 5.91. The standard InChI is InChI=1S/C12H23N3S/c1-5-13-11(9-16-4)8-12-7-10(3)14-15(12)6-2/h7,11,13H,5-6,8-9H2,1-4H3. The average Bonchev–Trinajstić information content (AvgIpc) is 2.59. The summed E-state index contributed by atoms with van der Waals surface area (Å²) in [5.74, 6) is 1.15. The van der Waals surface area contributed by atoms with Crippen molar-refractivity contribution in [1.29, 1.82) is 0 Å². The molecule has 1 unspecified atom stereocenters. The molecule has 1 heterocycles. The van der Waals surface area contributed by atoms with Gasteiger partial charge in [0.1, 0.15) is 0 Å². The number of aromatic nitrogens is 2. The van der Waals surface area contributed by atoms with E-state index in [0.29, 0.717) is 6.04 Å². The number of rotatable bonds is 7. The van der Waals surface area contributed by atoms with Gasteiger partial charge >= 0.3 is 0 Å². The van der Waals surface area contributed by atoms with Crippen LogP contribution in [0.25, 0.3) is 0 Å². The second kappa shape index (κ2) is 6.97. The van der Waals surface area contributed by atoms with E-state index in [9.17, 15) is 0 Å². The molecule has 0 bridgehead atoms. The molecule has 1 rings (SSSR count). The molecule has 92 valence electrons. The van der Waals surface area contributed by atoms with E-state index >= 15 is 0 Å². The molecular formula is C12H23N3S. The smallest absolute Gasteiger partial charge is 0.0596 e. The summed E-state index contributed by atoms with van der Waals surface area (Å²) in [5.41, 5.74) is 2.47. The first-order chi connectivity index (χ1) is 7.71. The third kappa shape index (κ3) is 3.83. The molecule has 0 aliphatic heterocycles. The van der Waals surface area contributed by atoms with E-state index in [1.165, 1.54) is 5.69 Å². The molecule has 0 aromatic carbocycles. The fourth-order valence-electron chi connectivity index (χ4n) is 1.97. The van der Waals surface area contributed by atoms with Gasteiger partial charge in [-0.1, -0.05) is 6.92 Å². The van der Waals surface area contributed by atoms with Crippen molar-refractivity contribution >= 4 is 11.8 Å². The fourth-order valence-corrected chi connectivity index (χ4v) is 2.61. The van der Waals surface area contributed by atoms with Crippen LogP contribution in [0.2, 0.25) is 0 Å². The minimum atomic E-state index is 0.557. The maximum absolute atomic E-state index is 4.48. The Balaban J connectivity index is 2.67. The molecule has 0 saturated heterocycles. The topological polar surface area (TPSA) is 29.9 Å². The van der Waals surface area contributed by atoms with Gasteiger partial charge in [-0.15, -0.1) is 0 Å². The van der Waals surface area contributed by atoms with Gasteiger partial charge in [-0.05, 0) is 32.7 Å². The van der Waals surface area contributed by atoms with Crippen LogP contribution in [0.5, 0.6) is 0 Å². The molecule has 1 aromatic rings. The number of nitrogens with zero attached hydrogens (tertiary/aromatic N) is 2. The van der Waals surface area contributed by atoms with Crippen molar-refractivity contribution in [2.24, 2.45) is 0 Å². The number of nitrogens with one attached hydrogen (secondary N) is 1. The van der Waals surface area contributed by atoms with Crippen LogP contribution in [0.1, 0.15) is 25.2 Å². The summed E-state index contributed by atoms with van der Waals surface area (Å²) in [4.78, 5) is 0. The normalized spacial score (nSPS) is 13.0. The number of hydrogen-bond acceptors (Lipinski definition) is 3. The summed E-state index contributed by atoms with van der Waals surface area (Å²) >= 11 is 1.90. The van der Waals surface area contributed by atoms with E-state index < -0.39 is 0 Å². The number of thioether (sulfide) groups is 1. The van der Waals surface area contributed by atoms with Crippen LogP contribution in [-0.4, -0.2) is 34.4 Å². The molecule has 1 atom stereocenters. The largest absolute Gasteiger partial charge is 0.313 e. The van der Waals surface area contributed by atoms with E-state index in [1.807, 2.05) is 11.8 Å². The Morgan fingerprint density at radius 2 is 2.25 bits per heavy atom. The van der Waals surface area contributed by atoms with Gasteiger partial charge in [0.25, 0.3) is 0 Å². The van der Waals surface area contributed by atoms with Crippen LogP contribution in [-0.2, 0) is 13.0 Å². The molecule has 0 amide bonds. The highest BCUT2D eigenvalue weighted by atomic mass is 32.2. The predicted octanol–water partition coefficient (Wildman–Crippen LogP) is 2.10. The highest BCUT2D eigenvalue weighted by molar-refractivity contribution is 7.98. The summed E-state index contributed by atoms with van der Waals surface area (Å²) in [7, 11) is 0. The van der Waals surface area contributed by atoms with Gasteiger partial charge in [-0.25, -0.2) is 0 Å². The van der Waals surface area contributed by atoms with E-state index in [1.54, 1.807) is 0 Å². The Labute approximate surface area is 103 Å². The molecule has 0 saturated carbocycles. The molecule has 3 nitrogen and oxygen atoms in total. The van der Waals surface area contributed by atoms with Crippen molar-refractivity contribution in [1.82, 2.24) is 15.1 Å². The number of aryl methyl sites for hydroxylation is 2. The van der Waals surface area contributed by atoms with Crippen LogP contribution in [0.3, 0.4) is 0 Å². The number of likely N-dealkylation sites (N-methyl/N-ethyl adjacent to an activating group) is 1. The van der Waals surface area contributed by atoms with Gasteiger partial charge in [-0.3, -0.25) is 4.68 Å². The van der Waals surface area contributed by atoms with Crippen LogP contribution in [0.15, 0.2) is 6.07 Å². The van der Waals surface area contributed by atoms with E-state index in [4.69, 9.17) is 0 Å². The minimum Gasteiger partial charge on any atom is -0.313 e. The minimum absolute atomic E-state index is 0.557. The molecule has 0 spiro atoms. The zero-order valence-corrected chi connectivity index (χ0v) is 11.6. The lowest BCUT2D eigenvalue weighted by Crippen LogP contribution is -2.33. The summed E-state index contributed by atoms with van der Waals surface area (Å²) in [6.07, 6.45) is 3.23. The SMILES string of the molecule is CCNC(CSC)Cc1cc(C)nn1CC. The molecule has 16 heavy (non-hydrogen) atoms. The van der Waals surface area contributed by atoms with Crippen molar-refractivity contribution in [3.05, 3.63) is 17.5 Å². The predicted molar refractivity (Wildman–Crippen MR) is 72.2 cm³/mol. The summed E-state index contributed by atoms with van der Waals surface area (Å²) < 4.78 is 2.11. The monoisotopic (exact) mass is 241 g/mol. The van der Waals surface area contributed by atoms with Gasteiger partial charge in [0.05, 0.1) is 5.69 Å². The highest BCUT2D eigenvalue weighted by Crippen LogP contribution is 2.09. The maximum Gasteiger partial charge on any atom is 0.0596 e. The molecule has 0 aliphatic carbocycles. The van der Waals surface area contributed by atoms with Crippen LogP contribution in [0.4, 0.5) is 0 Å². The van der Waals surface area contributed by atoms with Gasteiger partial charge < -0.3 is 5.32 Å². The van der Waals surface area contributed by atoms with Crippen LogP contribution in [0, 0.1) is 6.92 Å². The van der Waals surface area contributed by atoms with Crippen LogP contribution >= 0.6 is 11.8 Å². The first-order valence-electron chi connectivity index (χ1n) is 5.96. The first kappa shape index (κ1) is 13.6. The molecule has 1 aromatic heterocycles. The highest BCUT2D eigenvalue weighted by Gasteiger charge is 2.11.